The number of carbonyl (C=O) groups is 1. The molecule has 1 N–H and O–H groups in total. The molecule has 1 fully saturated rings. The maximum absolute atomic E-state index is 12.7. The third kappa shape index (κ3) is 3.50. The second-order valence-corrected chi connectivity index (χ2v) is 7.91. The molecular formula is C17H21NO3S2. The van der Waals surface area contributed by atoms with Gasteiger partial charge in [0.05, 0.1) is 16.4 Å². The van der Waals surface area contributed by atoms with Crippen LogP contribution in [0, 0.1) is 5.92 Å². The molecular weight excluding hydrogens is 330 g/mol. The Balaban J connectivity index is 1.72. The van der Waals surface area contributed by atoms with Crippen molar-refractivity contribution in [1.82, 2.24) is 4.90 Å². The number of esters is 1. The number of hydrogen-bond acceptors (Lipinski definition) is 6. The number of piperidine rings is 1. The first kappa shape index (κ1) is 16.6. The highest BCUT2D eigenvalue weighted by molar-refractivity contribution is 7.12. The van der Waals surface area contributed by atoms with Gasteiger partial charge in [0.25, 0.3) is 0 Å². The van der Waals surface area contributed by atoms with Crippen LogP contribution in [0.25, 0.3) is 0 Å². The van der Waals surface area contributed by atoms with Gasteiger partial charge in [-0.15, -0.1) is 22.7 Å². The van der Waals surface area contributed by atoms with Crippen LogP contribution < -0.4 is 0 Å². The Bertz CT molecular complexity index is 582. The van der Waals surface area contributed by atoms with E-state index in [4.69, 9.17) is 4.74 Å². The van der Waals surface area contributed by atoms with Crippen molar-refractivity contribution < 1.29 is 14.6 Å². The predicted octanol–water partition coefficient (Wildman–Crippen LogP) is 2.93. The lowest BCUT2D eigenvalue weighted by molar-refractivity contribution is -0.163. The number of thiophene rings is 2. The van der Waals surface area contributed by atoms with Crippen LogP contribution in [0.1, 0.15) is 22.6 Å². The van der Waals surface area contributed by atoms with Crippen LogP contribution in [0.4, 0.5) is 0 Å². The molecule has 2 aromatic rings. The number of rotatable bonds is 5. The second kappa shape index (κ2) is 7.13. The minimum absolute atomic E-state index is 0.381. The molecule has 0 aromatic carbocycles. The van der Waals surface area contributed by atoms with Crippen LogP contribution in [-0.2, 0) is 15.1 Å². The van der Waals surface area contributed by atoms with Crippen molar-refractivity contribution >= 4 is 28.6 Å². The van der Waals surface area contributed by atoms with Crippen LogP contribution in [0.5, 0.6) is 0 Å². The summed E-state index contributed by atoms with van der Waals surface area (Å²) in [6.07, 6.45) is 2.06. The molecule has 1 aliphatic heterocycles. The standard InChI is InChI=1S/C17H21NO3S2/c1-18-8-6-13(7-9-18)12-21-16(19)17(20,14-4-2-10-22-14)15-5-3-11-23-15/h2-5,10-11,13,20H,6-9,12H2,1H3. The highest BCUT2D eigenvalue weighted by Gasteiger charge is 2.44. The van der Waals surface area contributed by atoms with Gasteiger partial charge in [-0.2, -0.15) is 0 Å². The molecule has 124 valence electrons. The van der Waals surface area contributed by atoms with Crippen LogP contribution in [-0.4, -0.2) is 42.7 Å². The average molecular weight is 351 g/mol. The van der Waals surface area contributed by atoms with E-state index in [9.17, 15) is 9.90 Å². The lowest BCUT2D eigenvalue weighted by Gasteiger charge is -2.30. The molecule has 3 heterocycles. The maximum Gasteiger partial charge on any atom is 0.349 e. The first-order valence-corrected chi connectivity index (χ1v) is 9.52. The molecule has 1 aliphatic rings. The topological polar surface area (TPSA) is 49.8 Å². The summed E-state index contributed by atoms with van der Waals surface area (Å²) in [5.41, 5.74) is -1.69. The minimum atomic E-state index is -1.69. The molecule has 0 radical (unpaired) electrons. The molecule has 0 aliphatic carbocycles. The maximum atomic E-state index is 12.7. The second-order valence-electron chi connectivity index (χ2n) is 6.01. The van der Waals surface area contributed by atoms with Gasteiger partial charge >= 0.3 is 5.97 Å². The molecule has 2 aromatic heterocycles. The number of aliphatic hydroxyl groups is 1. The molecule has 0 unspecified atom stereocenters. The Kier molecular flexibility index (Phi) is 5.16. The first-order valence-electron chi connectivity index (χ1n) is 7.77. The largest absolute Gasteiger partial charge is 0.463 e. The smallest absolute Gasteiger partial charge is 0.349 e. The van der Waals surface area contributed by atoms with Crippen LogP contribution in [0.3, 0.4) is 0 Å². The lowest BCUT2D eigenvalue weighted by Crippen LogP contribution is -2.39. The lowest BCUT2D eigenvalue weighted by atomic mass is 9.97. The molecule has 0 amide bonds. The van der Waals surface area contributed by atoms with Crippen molar-refractivity contribution in [1.29, 1.82) is 0 Å². The van der Waals surface area contributed by atoms with Crippen LogP contribution in [0.15, 0.2) is 35.0 Å². The Labute approximate surface area is 144 Å². The van der Waals surface area contributed by atoms with Crippen molar-refractivity contribution in [3.05, 3.63) is 44.8 Å². The molecule has 0 spiro atoms. The SMILES string of the molecule is CN1CCC(COC(=O)C(O)(c2cccs2)c2cccs2)CC1. The van der Waals surface area contributed by atoms with Crippen LogP contribution >= 0.6 is 22.7 Å². The van der Waals surface area contributed by atoms with Crippen molar-refractivity contribution in [2.24, 2.45) is 5.92 Å². The van der Waals surface area contributed by atoms with E-state index in [1.165, 1.54) is 22.7 Å². The van der Waals surface area contributed by atoms with Gasteiger partial charge in [0.15, 0.2) is 0 Å². The summed E-state index contributed by atoms with van der Waals surface area (Å²) in [6.45, 7) is 2.44. The normalized spacial score (nSPS) is 17.3. The van der Waals surface area contributed by atoms with E-state index in [-0.39, 0.29) is 0 Å². The van der Waals surface area contributed by atoms with Gasteiger partial charge in [-0.05, 0) is 61.8 Å². The average Bonchev–Trinajstić information content (AvgIpc) is 3.26. The summed E-state index contributed by atoms with van der Waals surface area (Å²) in [4.78, 5) is 16.2. The van der Waals surface area contributed by atoms with E-state index in [2.05, 4.69) is 11.9 Å². The molecule has 3 rings (SSSR count). The monoisotopic (exact) mass is 351 g/mol. The zero-order valence-corrected chi connectivity index (χ0v) is 14.7. The van der Waals surface area contributed by atoms with E-state index in [0.29, 0.717) is 22.3 Å². The van der Waals surface area contributed by atoms with E-state index in [1.54, 1.807) is 12.1 Å². The van der Waals surface area contributed by atoms with Gasteiger partial charge in [-0.25, -0.2) is 4.79 Å². The molecule has 4 nitrogen and oxygen atoms in total. The van der Waals surface area contributed by atoms with Gasteiger partial charge in [-0.3, -0.25) is 0 Å². The highest BCUT2D eigenvalue weighted by Crippen LogP contribution is 2.36. The first-order chi connectivity index (χ1) is 11.1. The Morgan fingerprint density at radius 3 is 2.30 bits per heavy atom. The van der Waals surface area contributed by atoms with E-state index >= 15 is 0 Å². The van der Waals surface area contributed by atoms with E-state index in [0.717, 1.165) is 25.9 Å². The number of hydrogen-bond donors (Lipinski definition) is 1. The number of likely N-dealkylation sites (tertiary alicyclic amines) is 1. The summed E-state index contributed by atoms with van der Waals surface area (Å²) >= 11 is 2.73. The number of ether oxygens (including phenoxy) is 1. The quantitative estimate of drug-likeness (QED) is 0.842. The van der Waals surface area contributed by atoms with Crippen LogP contribution in [0.2, 0.25) is 0 Å². The van der Waals surface area contributed by atoms with Crippen molar-refractivity contribution in [2.75, 3.05) is 26.7 Å². The number of nitrogens with zero attached hydrogens (tertiary/aromatic N) is 1. The Morgan fingerprint density at radius 2 is 1.83 bits per heavy atom. The summed E-state index contributed by atoms with van der Waals surface area (Å²) in [5, 5.41) is 14.8. The summed E-state index contributed by atoms with van der Waals surface area (Å²) in [6, 6.07) is 7.23. The molecule has 6 heteroatoms. The molecule has 23 heavy (non-hydrogen) atoms. The Morgan fingerprint density at radius 1 is 1.26 bits per heavy atom. The fourth-order valence-electron chi connectivity index (χ4n) is 2.82. The minimum Gasteiger partial charge on any atom is -0.463 e. The predicted molar refractivity (Wildman–Crippen MR) is 92.8 cm³/mol. The van der Waals surface area contributed by atoms with Crippen molar-refractivity contribution in [2.45, 2.75) is 18.4 Å². The summed E-state index contributed by atoms with van der Waals surface area (Å²) < 4.78 is 5.54. The zero-order valence-electron chi connectivity index (χ0n) is 13.1. The van der Waals surface area contributed by atoms with E-state index < -0.39 is 11.6 Å². The number of carbonyl (C=O) groups excluding carboxylic acids is 1. The summed E-state index contributed by atoms with van der Waals surface area (Å²) in [7, 11) is 2.11. The molecule has 0 saturated carbocycles. The summed E-state index contributed by atoms with van der Waals surface area (Å²) in [5.74, 6) is -0.188. The highest BCUT2D eigenvalue weighted by atomic mass is 32.1. The fourth-order valence-corrected chi connectivity index (χ4v) is 4.53. The molecule has 0 atom stereocenters. The van der Waals surface area contributed by atoms with Crippen molar-refractivity contribution in [3.63, 3.8) is 0 Å². The van der Waals surface area contributed by atoms with E-state index in [1.807, 2.05) is 22.9 Å². The van der Waals surface area contributed by atoms with Gasteiger partial charge in [0.2, 0.25) is 5.60 Å². The van der Waals surface area contributed by atoms with Gasteiger partial charge < -0.3 is 14.7 Å². The molecule has 0 bridgehead atoms. The fraction of sp³-hybridized carbons (Fsp3) is 0.471. The van der Waals surface area contributed by atoms with Crippen molar-refractivity contribution in [3.8, 4) is 0 Å². The third-order valence-electron chi connectivity index (χ3n) is 4.34. The third-order valence-corrected chi connectivity index (χ3v) is 6.30. The van der Waals surface area contributed by atoms with Gasteiger partial charge in [0.1, 0.15) is 0 Å². The molecule has 1 saturated heterocycles. The Hall–Kier alpha value is -1.21. The van der Waals surface area contributed by atoms with Gasteiger partial charge in [0, 0.05) is 0 Å². The zero-order chi connectivity index (χ0) is 16.3. The van der Waals surface area contributed by atoms with Gasteiger partial charge in [-0.1, -0.05) is 12.1 Å².